The average Bonchev–Trinajstić information content (AvgIpc) is 3.22. The van der Waals surface area contributed by atoms with Gasteiger partial charge in [0.1, 0.15) is 23.7 Å². The highest BCUT2D eigenvalue weighted by molar-refractivity contribution is 6.10. The zero-order chi connectivity index (χ0) is 20.8. The number of imide groups is 1. The first-order valence-electron chi connectivity index (χ1n) is 8.57. The fourth-order valence-corrected chi connectivity index (χ4v) is 3.17. The monoisotopic (exact) mass is 403 g/mol. The standard InChI is InChI=1S/C19H15F2N3O5/c1-19(10-2-5-14-15(6-10)29-9-28-14)17(26)24(18(27)23-19)8-16(25)22-13-4-3-11(20)7-12(13)21/h2-7H,8-9H2,1H3,(H,22,25)(H,23,27)/t19-/m0/s1. The van der Waals surface area contributed by atoms with Crippen molar-refractivity contribution in [3.05, 3.63) is 53.6 Å². The molecule has 4 rings (SSSR count). The van der Waals surface area contributed by atoms with Gasteiger partial charge >= 0.3 is 6.03 Å². The molecule has 4 amide bonds. The van der Waals surface area contributed by atoms with Gasteiger partial charge in [0.15, 0.2) is 11.5 Å². The summed E-state index contributed by atoms with van der Waals surface area (Å²) in [5, 5.41) is 4.78. The molecule has 1 atom stereocenters. The van der Waals surface area contributed by atoms with Crippen molar-refractivity contribution < 1.29 is 32.6 Å². The van der Waals surface area contributed by atoms with Gasteiger partial charge in [-0.1, -0.05) is 6.07 Å². The second-order valence-corrected chi connectivity index (χ2v) is 6.69. The summed E-state index contributed by atoms with van der Waals surface area (Å²) in [6.07, 6.45) is 0. The van der Waals surface area contributed by atoms with Crippen LogP contribution in [0, 0.1) is 11.6 Å². The van der Waals surface area contributed by atoms with Crippen LogP contribution in [0.1, 0.15) is 12.5 Å². The Kier molecular flexibility index (Phi) is 4.33. The molecular weight excluding hydrogens is 388 g/mol. The van der Waals surface area contributed by atoms with Crippen LogP contribution in [0.5, 0.6) is 11.5 Å². The number of hydrogen-bond donors (Lipinski definition) is 2. The number of amides is 4. The van der Waals surface area contributed by atoms with Crippen molar-refractivity contribution in [2.24, 2.45) is 0 Å². The van der Waals surface area contributed by atoms with Gasteiger partial charge in [0, 0.05) is 6.07 Å². The van der Waals surface area contributed by atoms with Crippen molar-refractivity contribution in [3.63, 3.8) is 0 Å². The van der Waals surface area contributed by atoms with E-state index in [4.69, 9.17) is 9.47 Å². The van der Waals surface area contributed by atoms with Crippen LogP contribution in [0.4, 0.5) is 19.3 Å². The molecule has 1 saturated heterocycles. The zero-order valence-electron chi connectivity index (χ0n) is 15.1. The van der Waals surface area contributed by atoms with E-state index >= 15 is 0 Å². The molecule has 0 unspecified atom stereocenters. The Bertz CT molecular complexity index is 1040. The summed E-state index contributed by atoms with van der Waals surface area (Å²) >= 11 is 0. The normalized spacial score (nSPS) is 20.0. The number of rotatable bonds is 4. The van der Waals surface area contributed by atoms with Gasteiger partial charge in [-0.05, 0) is 36.8 Å². The minimum atomic E-state index is -1.42. The Hall–Kier alpha value is -3.69. The second-order valence-electron chi connectivity index (χ2n) is 6.69. The summed E-state index contributed by atoms with van der Waals surface area (Å²) in [4.78, 5) is 38.2. The van der Waals surface area contributed by atoms with E-state index in [9.17, 15) is 23.2 Å². The first-order valence-corrected chi connectivity index (χ1v) is 8.57. The highest BCUT2D eigenvalue weighted by atomic mass is 19.1. The highest BCUT2D eigenvalue weighted by Crippen LogP contribution is 2.37. The van der Waals surface area contributed by atoms with Gasteiger partial charge in [0.2, 0.25) is 12.7 Å². The van der Waals surface area contributed by atoms with Gasteiger partial charge in [0.25, 0.3) is 5.91 Å². The lowest BCUT2D eigenvalue weighted by Crippen LogP contribution is -2.42. The number of nitrogens with zero attached hydrogens (tertiary/aromatic N) is 1. The number of urea groups is 1. The number of nitrogens with one attached hydrogen (secondary N) is 2. The molecule has 0 bridgehead atoms. The van der Waals surface area contributed by atoms with E-state index < -0.39 is 41.6 Å². The summed E-state index contributed by atoms with van der Waals surface area (Å²) in [5.41, 5.74) is -1.23. The molecule has 0 aliphatic carbocycles. The van der Waals surface area contributed by atoms with Gasteiger partial charge in [0.05, 0.1) is 5.69 Å². The fraction of sp³-hybridized carbons (Fsp3) is 0.211. The van der Waals surface area contributed by atoms with Crippen molar-refractivity contribution in [1.29, 1.82) is 0 Å². The quantitative estimate of drug-likeness (QED) is 0.763. The third kappa shape index (κ3) is 3.22. The van der Waals surface area contributed by atoms with Crippen molar-refractivity contribution in [2.45, 2.75) is 12.5 Å². The Morgan fingerprint density at radius 3 is 2.69 bits per heavy atom. The lowest BCUT2D eigenvalue weighted by atomic mass is 9.91. The first kappa shape index (κ1) is 18.7. The van der Waals surface area contributed by atoms with Gasteiger partial charge < -0.3 is 20.1 Å². The van der Waals surface area contributed by atoms with Crippen LogP contribution in [0.2, 0.25) is 0 Å². The topological polar surface area (TPSA) is 97.0 Å². The van der Waals surface area contributed by atoms with E-state index in [-0.39, 0.29) is 12.5 Å². The van der Waals surface area contributed by atoms with Gasteiger partial charge in [-0.2, -0.15) is 0 Å². The highest BCUT2D eigenvalue weighted by Gasteiger charge is 2.49. The molecule has 2 aliphatic heterocycles. The van der Waals surface area contributed by atoms with Crippen LogP contribution in [-0.2, 0) is 15.1 Å². The smallest absolute Gasteiger partial charge is 0.325 e. The molecule has 10 heteroatoms. The Morgan fingerprint density at radius 1 is 1.17 bits per heavy atom. The van der Waals surface area contributed by atoms with Crippen molar-refractivity contribution >= 4 is 23.5 Å². The van der Waals surface area contributed by atoms with Crippen LogP contribution < -0.4 is 20.1 Å². The number of ether oxygens (including phenoxy) is 2. The Labute approximate surface area is 163 Å². The molecule has 0 saturated carbocycles. The summed E-state index contributed by atoms with van der Waals surface area (Å²) in [6, 6.07) is 6.68. The fourth-order valence-electron chi connectivity index (χ4n) is 3.17. The number of carbonyl (C=O) groups excluding carboxylic acids is 3. The maximum atomic E-state index is 13.7. The van der Waals surface area contributed by atoms with E-state index in [1.807, 2.05) is 0 Å². The minimum Gasteiger partial charge on any atom is -0.454 e. The largest absolute Gasteiger partial charge is 0.454 e. The number of benzene rings is 2. The summed E-state index contributed by atoms with van der Waals surface area (Å²) in [5.74, 6) is -2.28. The molecular formula is C19H15F2N3O5. The van der Waals surface area contributed by atoms with Crippen molar-refractivity contribution in [3.8, 4) is 11.5 Å². The molecule has 8 nitrogen and oxygen atoms in total. The second kappa shape index (κ2) is 6.73. The van der Waals surface area contributed by atoms with Crippen LogP contribution in [0.15, 0.2) is 36.4 Å². The molecule has 2 aromatic rings. The minimum absolute atomic E-state index is 0.0576. The van der Waals surface area contributed by atoms with E-state index in [1.165, 1.54) is 6.92 Å². The van der Waals surface area contributed by atoms with E-state index in [0.29, 0.717) is 23.1 Å². The molecule has 0 aromatic heterocycles. The van der Waals surface area contributed by atoms with Gasteiger partial charge in [-0.3, -0.25) is 14.5 Å². The molecule has 0 spiro atoms. The molecule has 2 N–H and O–H groups in total. The number of hydrogen-bond acceptors (Lipinski definition) is 5. The maximum Gasteiger partial charge on any atom is 0.325 e. The molecule has 2 aliphatic rings. The maximum absolute atomic E-state index is 13.7. The van der Waals surface area contributed by atoms with Gasteiger partial charge in [-0.25, -0.2) is 13.6 Å². The Morgan fingerprint density at radius 2 is 1.93 bits per heavy atom. The van der Waals surface area contributed by atoms with E-state index in [1.54, 1.807) is 18.2 Å². The predicted molar refractivity (Wildman–Crippen MR) is 95.1 cm³/mol. The average molecular weight is 403 g/mol. The van der Waals surface area contributed by atoms with Crippen molar-refractivity contribution in [1.82, 2.24) is 10.2 Å². The molecule has 0 radical (unpaired) electrons. The SMILES string of the molecule is C[C@@]1(c2ccc3c(c2)OCO3)NC(=O)N(CC(=O)Nc2ccc(F)cc2F)C1=O. The Balaban J connectivity index is 1.51. The molecule has 1 fully saturated rings. The van der Waals surface area contributed by atoms with Crippen LogP contribution >= 0.6 is 0 Å². The molecule has 29 heavy (non-hydrogen) atoms. The molecule has 2 aromatic carbocycles. The lowest BCUT2D eigenvalue weighted by molar-refractivity contribution is -0.133. The van der Waals surface area contributed by atoms with Crippen LogP contribution in [-0.4, -0.2) is 36.1 Å². The third-order valence-corrected chi connectivity index (χ3v) is 4.73. The lowest BCUT2D eigenvalue weighted by Gasteiger charge is -2.22. The third-order valence-electron chi connectivity index (χ3n) is 4.73. The molecule has 150 valence electrons. The predicted octanol–water partition coefficient (Wildman–Crippen LogP) is 2.10. The van der Waals surface area contributed by atoms with E-state index in [0.717, 1.165) is 17.0 Å². The van der Waals surface area contributed by atoms with Crippen LogP contribution in [0.3, 0.4) is 0 Å². The number of halogens is 2. The summed E-state index contributed by atoms with van der Waals surface area (Å²) in [6.45, 7) is 0.923. The van der Waals surface area contributed by atoms with Gasteiger partial charge in [-0.15, -0.1) is 0 Å². The number of carbonyl (C=O) groups is 3. The number of anilines is 1. The summed E-state index contributed by atoms with van der Waals surface area (Å²) < 4.78 is 37.2. The zero-order valence-corrected chi connectivity index (χ0v) is 15.1. The number of fused-ring (bicyclic) bond motifs is 1. The molecule has 2 heterocycles. The van der Waals surface area contributed by atoms with Crippen molar-refractivity contribution in [2.75, 3.05) is 18.7 Å². The summed E-state index contributed by atoms with van der Waals surface area (Å²) in [7, 11) is 0. The van der Waals surface area contributed by atoms with E-state index in [2.05, 4.69) is 10.6 Å². The first-order chi connectivity index (χ1) is 13.8. The van der Waals surface area contributed by atoms with Crippen LogP contribution in [0.25, 0.3) is 0 Å².